The average molecular weight is 304 g/mol. The first-order valence-electron chi connectivity index (χ1n) is 8.51. The van der Waals surface area contributed by atoms with Gasteiger partial charge in [0.05, 0.1) is 19.3 Å². The minimum Gasteiger partial charge on any atom is -0.379 e. The van der Waals surface area contributed by atoms with Crippen molar-refractivity contribution in [2.24, 2.45) is 11.8 Å². The normalized spacial score (nSPS) is 21.2. The van der Waals surface area contributed by atoms with Crippen LogP contribution >= 0.6 is 0 Å². The minimum absolute atomic E-state index is 0.136. The lowest BCUT2D eigenvalue weighted by Crippen LogP contribution is -2.43. The van der Waals surface area contributed by atoms with Gasteiger partial charge in [-0.2, -0.15) is 0 Å². The van der Waals surface area contributed by atoms with E-state index in [9.17, 15) is 4.79 Å². The molecule has 4 nitrogen and oxygen atoms in total. The molecule has 1 aromatic rings. The Kier molecular flexibility index (Phi) is 6.84. The van der Waals surface area contributed by atoms with E-state index in [4.69, 9.17) is 4.74 Å². The summed E-state index contributed by atoms with van der Waals surface area (Å²) in [4.78, 5) is 16.6. The van der Waals surface area contributed by atoms with Crippen LogP contribution in [0.3, 0.4) is 0 Å². The van der Waals surface area contributed by atoms with Crippen LogP contribution in [0.15, 0.2) is 24.5 Å². The summed E-state index contributed by atoms with van der Waals surface area (Å²) in [6.45, 7) is 5.63. The fraction of sp³-hybridized carbons (Fsp3) is 0.667. The van der Waals surface area contributed by atoms with Gasteiger partial charge in [-0.05, 0) is 37.0 Å². The molecule has 122 valence electrons. The second-order valence-electron chi connectivity index (χ2n) is 6.25. The molecule has 22 heavy (non-hydrogen) atoms. The Morgan fingerprint density at radius 2 is 1.95 bits per heavy atom. The molecule has 0 saturated carbocycles. The van der Waals surface area contributed by atoms with Gasteiger partial charge < -0.3 is 10.1 Å². The molecule has 0 unspecified atom stereocenters. The van der Waals surface area contributed by atoms with Crippen LogP contribution in [-0.4, -0.2) is 30.1 Å². The largest absolute Gasteiger partial charge is 0.379 e. The van der Waals surface area contributed by atoms with Gasteiger partial charge in [-0.15, -0.1) is 0 Å². The Labute approximate surface area is 133 Å². The maximum atomic E-state index is 12.5. The summed E-state index contributed by atoms with van der Waals surface area (Å²) >= 11 is 0. The van der Waals surface area contributed by atoms with Crippen LogP contribution in [0, 0.1) is 11.8 Å². The lowest BCUT2D eigenvalue weighted by molar-refractivity contribution is -0.126. The summed E-state index contributed by atoms with van der Waals surface area (Å²) in [6, 6.07) is 4.21. The summed E-state index contributed by atoms with van der Waals surface area (Å²) < 4.78 is 5.61. The Balaban J connectivity index is 1.91. The van der Waals surface area contributed by atoms with Crippen LogP contribution in [0.4, 0.5) is 0 Å². The minimum atomic E-state index is 0.136. The fourth-order valence-corrected chi connectivity index (χ4v) is 3.18. The molecule has 2 atom stereocenters. The number of nitrogens with one attached hydrogen (secondary N) is 1. The third-order valence-corrected chi connectivity index (χ3v) is 4.42. The highest BCUT2D eigenvalue weighted by Crippen LogP contribution is 2.21. The number of rotatable bonds is 8. The second-order valence-corrected chi connectivity index (χ2v) is 6.25. The molecule has 1 aliphatic rings. The van der Waals surface area contributed by atoms with Crippen LogP contribution in [0.1, 0.15) is 45.1 Å². The second kappa shape index (κ2) is 8.89. The van der Waals surface area contributed by atoms with Crippen molar-refractivity contribution in [1.82, 2.24) is 10.3 Å². The van der Waals surface area contributed by atoms with Gasteiger partial charge in [0.15, 0.2) is 0 Å². The molecule has 1 aromatic heterocycles. The number of carbonyl (C=O) groups excluding carboxylic acids is 1. The van der Waals surface area contributed by atoms with Crippen molar-refractivity contribution in [2.75, 3.05) is 13.2 Å². The zero-order valence-corrected chi connectivity index (χ0v) is 13.8. The summed E-state index contributed by atoms with van der Waals surface area (Å²) in [5.74, 6) is 0.714. The summed E-state index contributed by atoms with van der Waals surface area (Å²) in [5.41, 5.74) is 1.25. The van der Waals surface area contributed by atoms with Crippen molar-refractivity contribution in [3.05, 3.63) is 30.1 Å². The Bertz CT molecular complexity index is 444. The van der Waals surface area contributed by atoms with Crippen molar-refractivity contribution in [3.63, 3.8) is 0 Å². The first-order chi connectivity index (χ1) is 10.7. The summed E-state index contributed by atoms with van der Waals surface area (Å²) in [7, 11) is 0. The Morgan fingerprint density at radius 1 is 1.27 bits per heavy atom. The van der Waals surface area contributed by atoms with E-state index in [-0.39, 0.29) is 17.9 Å². The Morgan fingerprint density at radius 3 is 2.59 bits per heavy atom. The van der Waals surface area contributed by atoms with E-state index < -0.39 is 0 Å². The van der Waals surface area contributed by atoms with E-state index in [1.807, 2.05) is 24.5 Å². The number of amides is 1. The lowest BCUT2D eigenvalue weighted by Gasteiger charge is -2.22. The number of pyridine rings is 1. The van der Waals surface area contributed by atoms with Crippen molar-refractivity contribution in [3.8, 4) is 0 Å². The standard InChI is InChI=1S/C18H28N2O2/c1-3-5-15(6-4-2)18(21)20-17-13-22-12-16(17)11-14-7-9-19-10-8-14/h7-10,15-17H,3-6,11-13H2,1-2H3,(H,20,21)/t16-,17+/m1/s1. The molecule has 0 radical (unpaired) electrons. The molecule has 1 aliphatic heterocycles. The van der Waals surface area contributed by atoms with Gasteiger partial charge in [0, 0.05) is 24.2 Å². The molecule has 1 amide bonds. The van der Waals surface area contributed by atoms with E-state index >= 15 is 0 Å². The topological polar surface area (TPSA) is 51.2 Å². The molecule has 1 N–H and O–H groups in total. The van der Waals surface area contributed by atoms with E-state index in [1.54, 1.807) is 0 Å². The highest BCUT2D eigenvalue weighted by Gasteiger charge is 2.31. The van der Waals surface area contributed by atoms with E-state index in [0.717, 1.165) is 38.7 Å². The number of ether oxygens (including phenoxy) is 1. The van der Waals surface area contributed by atoms with Crippen LogP contribution in [0.25, 0.3) is 0 Å². The molecule has 1 fully saturated rings. The third-order valence-electron chi connectivity index (χ3n) is 4.42. The van der Waals surface area contributed by atoms with E-state index in [1.165, 1.54) is 5.56 Å². The van der Waals surface area contributed by atoms with Crippen molar-refractivity contribution in [1.29, 1.82) is 0 Å². The highest BCUT2D eigenvalue weighted by atomic mass is 16.5. The molecule has 2 heterocycles. The lowest BCUT2D eigenvalue weighted by atomic mass is 9.93. The molecule has 0 aliphatic carbocycles. The van der Waals surface area contributed by atoms with Gasteiger partial charge in [-0.1, -0.05) is 26.7 Å². The van der Waals surface area contributed by atoms with Crippen LogP contribution in [0.5, 0.6) is 0 Å². The van der Waals surface area contributed by atoms with Crippen LogP contribution < -0.4 is 5.32 Å². The van der Waals surface area contributed by atoms with E-state index in [2.05, 4.69) is 24.1 Å². The SMILES string of the molecule is CCCC(CCC)C(=O)N[C@H]1COC[C@H]1Cc1ccncc1. The zero-order valence-electron chi connectivity index (χ0n) is 13.8. The number of hydrogen-bond acceptors (Lipinski definition) is 3. The van der Waals surface area contributed by atoms with E-state index in [0.29, 0.717) is 12.5 Å². The maximum Gasteiger partial charge on any atom is 0.223 e. The van der Waals surface area contributed by atoms with Crippen LogP contribution in [0.2, 0.25) is 0 Å². The number of nitrogens with zero attached hydrogens (tertiary/aromatic N) is 1. The third kappa shape index (κ3) is 4.80. The highest BCUT2D eigenvalue weighted by molar-refractivity contribution is 5.79. The van der Waals surface area contributed by atoms with Crippen molar-refractivity contribution < 1.29 is 9.53 Å². The molecule has 4 heteroatoms. The first-order valence-corrected chi connectivity index (χ1v) is 8.51. The predicted molar refractivity (Wildman–Crippen MR) is 87.5 cm³/mol. The quantitative estimate of drug-likeness (QED) is 0.803. The van der Waals surface area contributed by atoms with Gasteiger partial charge in [0.2, 0.25) is 5.91 Å². The number of hydrogen-bond donors (Lipinski definition) is 1. The van der Waals surface area contributed by atoms with Gasteiger partial charge in [-0.25, -0.2) is 0 Å². The average Bonchev–Trinajstić information content (AvgIpc) is 2.95. The zero-order chi connectivity index (χ0) is 15.8. The molecule has 2 rings (SSSR count). The molecule has 0 aromatic carbocycles. The molecular formula is C18H28N2O2. The molecule has 0 bridgehead atoms. The fourth-order valence-electron chi connectivity index (χ4n) is 3.18. The smallest absolute Gasteiger partial charge is 0.223 e. The van der Waals surface area contributed by atoms with Crippen molar-refractivity contribution >= 4 is 5.91 Å². The van der Waals surface area contributed by atoms with Gasteiger partial charge in [0.25, 0.3) is 0 Å². The first kappa shape index (κ1) is 16.9. The molecule has 0 spiro atoms. The predicted octanol–water partition coefficient (Wildman–Crippen LogP) is 2.97. The monoisotopic (exact) mass is 304 g/mol. The number of carbonyl (C=O) groups is 1. The molecule has 1 saturated heterocycles. The summed E-state index contributed by atoms with van der Waals surface area (Å²) in [6.07, 6.45) is 8.62. The molecular weight excluding hydrogens is 276 g/mol. The number of aromatic nitrogens is 1. The van der Waals surface area contributed by atoms with Gasteiger partial charge in [-0.3, -0.25) is 9.78 Å². The van der Waals surface area contributed by atoms with Gasteiger partial charge >= 0.3 is 0 Å². The van der Waals surface area contributed by atoms with Crippen molar-refractivity contribution in [2.45, 2.75) is 52.0 Å². The maximum absolute atomic E-state index is 12.5. The Hall–Kier alpha value is -1.42. The van der Waals surface area contributed by atoms with Gasteiger partial charge in [0.1, 0.15) is 0 Å². The summed E-state index contributed by atoms with van der Waals surface area (Å²) in [5, 5.41) is 3.24. The van der Waals surface area contributed by atoms with Crippen LogP contribution in [-0.2, 0) is 16.0 Å².